The Morgan fingerprint density at radius 1 is 1.39 bits per heavy atom. The van der Waals surface area contributed by atoms with E-state index in [2.05, 4.69) is 9.97 Å². The van der Waals surface area contributed by atoms with Crippen molar-refractivity contribution < 1.29 is 4.74 Å². The molecule has 0 saturated carbocycles. The molecule has 0 atom stereocenters. The summed E-state index contributed by atoms with van der Waals surface area (Å²) in [5, 5.41) is 8.90. The van der Waals surface area contributed by atoms with Crippen LogP contribution in [0.15, 0.2) is 30.5 Å². The summed E-state index contributed by atoms with van der Waals surface area (Å²) < 4.78 is 5.54. The normalized spacial score (nSPS) is 9.78. The van der Waals surface area contributed by atoms with Gasteiger partial charge in [0.2, 0.25) is 0 Å². The van der Waals surface area contributed by atoms with Crippen LogP contribution in [-0.2, 0) is 6.61 Å². The number of hydrogen-bond acceptors (Lipinski definition) is 5. The number of nitrogens with two attached hydrogens (primary N) is 1. The van der Waals surface area contributed by atoms with Gasteiger partial charge in [0.25, 0.3) is 0 Å². The summed E-state index contributed by atoms with van der Waals surface area (Å²) in [4.78, 5) is 8.06. The molecule has 2 rings (SSSR count). The lowest BCUT2D eigenvalue weighted by atomic mass is 10.2. The Bertz CT molecular complexity index is 604. The molecule has 0 unspecified atom stereocenters. The molecule has 2 aromatic rings. The summed E-state index contributed by atoms with van der Waals surface area (Å²) >= 11 is 0. The zero-order chi connectivity index (χ0) is 13.0. The van der Waals surface area contributed by atoms with Gasteiger partial charge in [-0.2, -0.15) is 5.26 Å². The van der Waals surface area contributed by atoms with Gasteiger partial charge in [-0.25, -0.2) is 9.97 Å². The average Bonchev–Trinajstić information content (AvgIpc) is 2.38. The van der Waals surface area contributed by atoms with Crippen molar-refractivity contribution in [1.29, 1.82) is 5.26 Å². The maximum absolute atomic E-state index is 8.90. The van der Waals surface area contributed by atoms with E-state index in [9.17, 15) is 0 Å². The zero-order valence-electron chi connectivity index (χ0n) is 9.92. The molecule has 0 radical (unpaired) electrons. The molecule has 0 bridgehead atoms. The first-order valence-corrected chi connectivity index (χ1v) is 5.40. The van der Waals surface area contributed by atoms with E-state index in [1.807, 2.05) is 19.1 Å². The molecule has 0 aromatic carbocycles. The SMILES string of the molecule is Cc1ccc(OCc2cccnc2C#N)c(N)n1. The van der Waals surface area contributed by atoms with Crippen LogP contribution in [-0.4, -0.2) is 9.97 Å². The fourth-order valence-electron chi connectivity index (χ4n) is 1.50. The molecule has 2 heterocycles. The summed E-state index contributed by atoms with van der Waals surface area (Å²) in [5.41, 5.74) is 7.65. The molecule has 5 heteroatoms. The Kier molecular flexibility index (Phi) is 3.39. The van der Waals surface area contributed by atoms with E-state index in [4.69, 9.17) is 15.7 Å². The van der Waals surface area contributed by atoms with Crippen LogP contribution in [0.2, 0.25) is 0 Å². The lowest BCUT2D eigenvalue weighted by molar-refractivity contribution is 0.306. The minimum atomic E-state index is 0.242. The van der Waals surface area contributed by atoms with Crippen LogP contribution in [0.4, 0.5) is 5.82 Å². The number of rotatable bonds is 3. The molecular formula is C13H12N4O. The Morgan fingerprint density at radius 3 is 2.94 bits per heavy atom. The van der Waals surface area contributed by atoms with Crippen LogP contribution in [0.3, 0.4) is 0 Å². The van der Waals surface area contributed by atoms with Gasteiger partial charge in [-0.3, -0.25) is 0 Å². The zero-order valence-corrected chi connectivity index (χ0v) is 9.92. The molecular weight excluding hydrogens is 228 g/mol. The largest absolute Gasteiger partial charge is 0.485 e. The third-order valence-corrected chi connectivity index (χ3v) is 2.41. The molecule has 18 heavy (non-hydrogen) atoms. The molecule has 0 saturated heterocycles. The van der Waals surface area contributed by atoms with Crippen molar-refractivity contribution >= 4 is 5.82 Å². The second-order valence-electron chi connectivity index (χ2n) is 3.75. The topological polar surface area (TPSA) is 84.8 Å². The Hall–Kier alpha value is -2.61. The van der Waals surface area contributed by atoms with E-state index in [0.29, 0.717) is 17.3 Å². The van der Waals surface area contributed by atoms with Gasteiger partial charge < -0.3 is 10.5 Å². The highest BCUT2D eigenvalue weighted by molar-refractivity contribution is 5.46. The molecule has 2 N–H and O–H groups in total. The lowest BCUT2D eigenvalue weighted by Gasteiger charge is -2.09. The second kappa shape index (κ2) is 5.15. The van der Waals surface area contributed by atoms with Gasteiger partial charge in [-0.15, -0.1) is 0 Å². The van der Waals surface area contributed by atoms with Crippen LogP contribution in [0, 0.1) is 18.3 Å². The monoisotopic (exact) mass is 240 g/mol. The number of aryl methyl sites for hydroxylation is 1. The van der Waals surface area contributed by atoms with Crippen molar-refractivity contribution in [3.05, 3.63) is 47.4 Å². The van der Waals surface area contributed by atoms with Crippen LogP contribution < -0.4 is 10.5 Å². The Morgan fingerprint density at radius 2 is 2.22 bits per heavy atom. The van der Waals surface area contributed by atoms with Gasteiger partial charge in [-0.05, 0) is 25.1 Å². The predicted molar refractivity (Wildman–Crippen MR) is 66.7 cm³/mol. The van der Waals surface area contributed by atoms with Crippen LogP contribution >= 0.6 is 0 Å². The van der Waals surface area contributed by atoms with Gasteiger partial charge >= 0.3 is 0 Å². The fourth-order valence-corrected chi connectivity index (χ4v) is 1.50. The first-order valence-electron chi connectivity index (χ1n) is 5.40. The Labute approximate surface area is 105 Å². The van der Waals surface area contributed by atoms with Crippen molar-refractivity contribution in [3.8, 4) is 11.8 Å². The van der Waals surface area contributed by atoms with E-state index in [-0.39, 0.29) is 6.61 Å². The first-order chi connectivity index (χ1) is 8.70. The fraction of sp³-hybridized carbons (Fsp3) is 0.154. The van der Waals surface area contributed by atoms with Crippen LogP contribution in [0.5, 0.6) is 5.75 Å². The number of anilines is 1. The molecule has 0 fully saturated rings. The van der Waals surface area contributed by atoms with E-state index in [1.54, 1.807) is 24.4 Å². The molecule has 0 amide bonds. The average molecular weight is 240 g/mol. The summed E-state index contributed by atoms with van der Waals surface area (Å²) in [6, 6.07) is 9.16. The quantitative estimate of drug-likeness (QED) is 0.884. The van der Waals surface area contributed by atoms with Crippen molar-refractivity contribution in [2.24, 2.45) is 0 Å². The number of nitrogens with zero attached hydrogens (tertiary/aromatic N) is 3. The van der Waals surface area contributed by atoms with E-state index < -0.39 is 0 Å². The van der Waals surface area contributed by atoms with Gasteiger partial charge in [0, 0.05) is 17.5 Å². The predicted octanol–water partition coefficient (Wildman–Crippen LogP) is 1.82. The number of nitriles is 1. The van der Waals surface area contributed by atoms with Crippen molar-refractivity contribution in [2.45, 2.75) is 13.5 Å². The number of ether oxygens (including phenoxy) is 1. The lowest BCUT2D eigenvalue weighted by Crippen LogP contribution is -2.03. The van der Waals surface area contributed by atoms with E-state index in [1.165, 1.54) is 0 Å². The van der Waals surface area contributed by atoms with Gasteiger partial charge in [-0.1, -0.05) is 6.07 Å². The van der Waals surface area contributed by atoms with Crippen LogP contribution in [0.25, 0.3) is 0 Å². The van der Waals surface area contributed by atoms with E-state index in [0.717, 1.165) is 11.3 Å². The standard InChI is InChI=1S/C13H12N4O/c1-9-4-5-12(13(15)17-9)18-8-10-3-2-6-16-11(10)7-14/h2-6H,8H2,1H3,(H2,15,17). The molecule has 5 nitrogen and oxygen atoms in total. The molecule has 90 valence electrons. The molecule has 0 spiro atoms. The molecule has 0 aliphatic rings. The summed E-state index contributed by atoms with van der Waals surface area (Å²) in [5.74, 6) is 0.853. The number of pyridine rings is 2. The number of nitrogen functional groups attached to an aromatic ring is 1. The molecule has 0 aliphatic carbocycles. The van der Waals surface area contributed by atoms with Crippen LogP contribution in [0.1, 0.15) is 17.0 Å². The maximum Gasteiger partial charge on any atom is 0.166 e. The minimum Gasteiger partial charge on any atom is -0.485 e. The van der Waals surface area contributed by atoms with Crippen molar-refractivity contribution in [2.75, 3.05) is 5.73 Å². The third kappa shape index (κ3) is 2.55. The first kappa shape index (κ1) is 11.9. The highest BCUT2D eigenvalue weighted by atomic mass is 16.5. The van der Waals surface area contributed by atoms with E-state index >= 15 is 0 Å². The molecule has 0 aliphatic heterocycles. The highest BCUT2D eigenvalue weighted by Gasteiger charge is 2.06. The van der Waals surface area contributed by atoms with Crippen molar-refractivity contribution in [3.63, 3.8) is 0 Å². The minimum absolute atomic E-state index is 0.242. The smallest absolute Gasteiger partial charge is 0.166 e. The molecule has 2 aromatic heterocycles. The van der Waals surface area contributed by atoms with Gasteiger partial charge in [0.05, 0.1) is 0 Å². The third-order valence-electron chi connectivity index (χ3n) is 2.41. The van der Waals surface area contributed by atoms with Gasteiger partial charge in [0.1, 0.15) is 18.4 Å². The second-order valence-corrected chi connectivity index (χ2v) is 3.75. The number of hydrogen-bond donors (Lipinski definition) is 1. The number of aromatic nitrogens is 2. The maximum atomic E-state index is 8.90. The Balaban J connectivity index is 2.14. The van der Waals surface area contributed by atoms with Crippen molar-refractivity contribution in [1.82, 2.24) is 9.97 Å². The summed E-state index contributed by atoms with van der Waals surface area (Å²) in [6.07, 6.45) is 1.57. The highest BCUT2D eigenvalue weighted by Crippen LogP contribution is 2.20. The van der Waals surface area contributed by atoms with Gasteiger partial charge in [0.15, 0.2) is 11.6 Å². The summed E-state index contributed by atoms with van der Waals surface area (Å²) in [7, 11) is 0. The summed E-state index contributed by atoms with van der Waals surface area (Å²) in [6.45, 7) is 2.10.